The highest BCUT2D eigenvalue weighted by atomic mass is 16.5. The summed E-state index contributed by atoms with van der Waals surface area (Å²) in [7, 11) is 3.35. The van der Waals surface area contributed by atoms with Gasteiger partial charge in [0, 0.05) is 0 Å². The zero-order valence-electron chi connectivity index (χ0n) is 14.2. The summed E-state index contributed by atoms with van der Waals surface area (Å²) in [4.78, 5) is 2.57. The van der Waals surface area contributed by atoms with E-state index in [0.717, 1.165) is 11.5 Å². The van der Waals surface area contributed by atoms with E-state index in [1.807, 2.05) is 6.07 Å². The van der Waals surface area contributed by atoms with Crippen molar-refractivity contribution in [3.05, 3.63) is 23.8 Å². The molecular formula is C18H30N2O2. The maximum Gasteiger partial charge on any atom is 0.160 e. The maximum atomic E-state index is 6.11. The van der Waals surface area contributed by atoms with Crippen LogP contribution in [0.25, 0.3) is 0 Å². The second-order valence-corrected chi connectivity index (χ2v) is 6.14. The largest absolute Gasteiger partial charge is 0.493 e. The first-order valence-electron chi connectivity index (χ1n) is 8.37. The molecule has 2 N–H and O–H groups in total. The average Bonchev–Trinajstić information content (AvgIpc) is 2.57. The van der Waals surface area contributed by atoms with E-state index in [9.17, 15) is 0 Å². The van der Waals surface area contributed by atoms with Crippen LogP contribution >= 0.6 is 0 Å². The minimum Gasteiger partial charge on any atom is -0.493 e. The monoisotopic (exact) mass is 306 g/mol. The summed E-state index contributed by atoms with van der Waals surface area (Å²) in [5.74, 6) is 2.64. The van der Waals surface area contributed by atoms with Crippen LogP contribution in [0.15, 0.2) is 18.2 Å². The smallest absolute Gasteiger partial charge is 0.160 e. The highest BCUT2D eigenvalue weighted by molar-refractivity contribution is 5.44. The molecule has 1 aromatic carbocycles. The van der Waals surface area contributed by atoms with Gasteiger partial charge in [0.2, 0.25) is 0 Å². The molecule has 0 amide bonds. The molecule has 1 aromatic rings. The van der Waals surface area contributed by atoms with E-state index in [1.165, 1.54) is 44.5 Å². The third kappa shape index (κ3) is 3.93. The lowest BCUT2D eigenvalue weighted by Gasteiger charge is -2.36. The molecule has 0 radical (unpaired) electrons. The summed E-state index contributed by atoms with van der Waals surface area (Å²) in [6.07, 6.45) is 3.70. The number of rotatable bonds is 7. The Balaban J connectivity index is 2.08. The topological polar surface area (TPSA) is 47.7 Å². The maximum absolute atomic E-state index is 6.11. The zero-order valence-corrected chi connectivity index (χ0v) is 14.2. The van der Waals surface area contributed by atoms with Gasteiger partial charge in [-0.15, -0.1) is 0 Å². The van der Waals surface area contributed by atoms with Crippen molar-refractivity contribution in [2.24, 2.45) is 11.7 Å². The van der Waals surface area contributed by atoms with Crippen molar-refractivity contribution in [1.82, 2.24) is 4.90 Å². The molecule has 0 aromatic heterocycles. The molecule has 0 spiro atoms. The third-order valence-electron chi connectivity index (χ3n) is 4.83. The number of ether oxygens (including phenoxy) is 2. The number of nitrogens with two attached hydrogens (primary N) is 1. The summed E-state index contributed by atoms with van der Waals surface area (Å²) in [6, 6.07) is 6.22. The Morgan fingerprint density at radius 1 is 1.18 bits per heavy atom. The molecule has 1 heterocycles. The first-order valence-corrected chi connectivity index (χ1v) is 8.37. The number of hydrogen-bond donors (Lipinski definition) is 1. The molecule has 1 atom stereocenters. The first-order chi connectivity index (χ1) is 10.7. The Bertz CT molecular complexity index is 456. The van der Waals surface area contributed by atoms with E-state index in [4.69, 9.17) is 15.2 Å². The minimum absolute atomic E-state index is 0.406. The number of nitrogens with zero attached hydrogens (tertiary/aromatic N) is 1. The Labute approximate surface area is 134 Å². The van der Waals surface area contributed by atoms with Crippen LogP contribution in [0.2, 0.25) is 0 Å². The van der Waals surface area contributed by atoms with Crippen LogP contribution in [0.3, 0.4) is 0 Å². The van der Waals surface area contributed by atoms with Crippen LogP contribution < -0.4 is 15.2 Å². The number of likely N-dealkylation sites (tertiary alicyclic amines) is 1. The van der Waals surface area contributed by atoms with Crippen molar-refractivity contribution in [3.63, 3.8) is 0 Å². The van der Waals surface area contributed by atoms with E-state index in [-0.39, 0.29) is 0 Å². The fourth-order valence-corrected chi connectivity index (χ4v) is 3.58. The van der Waals surface area contributed by atoms with E-state index in [0.29, 0.717) is 18.4 Å². The molecule has 0 bridgehead atoms. The lowest BCUT2D eigenvalue weighted by Crippen LogP contribution is -2.37. The van der Waals surface area contributed by atoms with Gasteiger partial charge < -0.3 is 20.1 Å². The molecule has 1 aliphatic rings. The Morgan fingerprint density at radius 2 is 1.86 bits per heavy atom. The summed E-state index contributed by atoms with van der Waals surface area (Å²) in [6.45, 7) is 6.55. The molecule has 1 saturated heterocycles. The van der Waals surface area contributed by atoms with Crippen molar-refractivity contribution in [3.8, 4) is 11.5 Å². The quantitative estimate of drug-likeness (QED) is 0.841. The summed E-state index contributed by atoms with van der Waals surface area (Å²) in [5, 5.41) is 0. The highest BCUT2D eigenvalue weighted by Crippen LogP contribution is 2.36. The second kappa shape index (κ2) is 8.39. The van der Waals surface area contributed by atoms with Crippen LogP contribution in [0.5, 0.6) is 11.5 Å². The van der Waals surface area contributed by atoms with E-state index in [2.05, 4.69) is 24.0 Å². The summed E-state index contributed by atoms with van der Waals surface area (Å²) < 4.78 is 10.8. The lowest BCUT2D eigenvalue weighted by atomic mass is 9.80. The molecule has 22 heavy (non-hydrogen) atoms. The van der Waals surface area contributed by atoms with Crippen molar-refractivity contribution in [1.29, 1.82) is 0 Å². The van der Waals surface area contributed by atoms with Gasteiger partial charge >= 0.3 is 0 Å². The van der Waals surface area contributed by atoms with Gasteiger partial charge in [0.25, 0.3) is 0 Å². The van der Waals surface area contributed by atoms with Gasteiger partial charge in [0.15, 0.2) is 11.5 Å². The van der Waals surface area contributed by atoms with Gasteiger partial charge in [0.1, 0.15) is 0 Å². The van der Waals surface area contributed by atoms with E-state index in [1.54, 1.807) is 14.2 Å². The first kappa shape index (κ1) is 17.1. The molecule has 124 valence electrons. The van der Waals surface area contributed by atoms with Gasteiger partial charge in [-0.25, -0.2) is 0 Å². The van der Waals surface area contributed by atoms with Gasteiger partial charge in [-0.1, -0.05) is 13.0 Å². The van der Waals surface area contributed by atoms with E-state index < -0.39 is 0 Å². The highest BCUT2D eigenvalue weighted by Gasteiger charge is 2.27. The molecule has 1 aliphatic heterocycles. The fourth-order valence-electron chi connectivity index (χ4n) is 3.58. The van der Waals surface area contributed by atoms with Crippen LogP contribution in [0, 0.1) is 5.92 Å². The zero-order chi connectivity index (χ0) is 15.9. The average molecular weight is 306 g/mol. The Hall–Kier alpha value is -1.26. The molecule has 1 fully saturated rings. The van der Waals surface area contributed by atoms with Crippen LogP contribution in [0.1, 0.15) is 37.7 Å². The lowest BCUT2D eigenvalue weighted by molar-refractivity contribution is 0.169. The van der Waals surface area contributed by atoms with E-state index >= 15 is 0 Å². The molecule has 2 rings (SSSR count). The van der Waals surface area contributed by atoms with Crippen molar-refractivity contribution in [2.45, 2.75) is 32.1 Å². The van der Waals surface area contributed by atoms with Crippen molar-refractivity contribution < 1.29 is 9.47 Å². The molecule has 1 unspecified atom stereocenters. The molecule has 4 heteroatoms. The molecule has 0 saturated carbocycles. The van der Waals surface area contributed by atoms with Crippen molar-refractivity contribution >= 4 is 0 Å². The summed E-state index contributed by atoms with van der Waals surface area (Å²) in [5.41, 5.74) is 7.38. The van der Waals surface area contributed by atoms with Gasteiger partial charge in [-0.2, -0.15) is 0 Å². The number of benzene rings is 1. The molecule has 4 nitrogen and oxygen atoms in total. The number of piperidine rings is 1. The Morgan fingerprint density at radius 3 is 2.41 bits per heavy atom. The third-order valence-corrected chi connectivity index (χ3v) is 4.83. The predicted molar refractivity (Wildman–Crippen MR) is 90.8 cm³/mol. The van der Waals surface area contributed by atoms with Crippen LogP contribution in [-0.2, 0) is 0 Å². The fraction of sp³-hybridized carbons (Fsp3) is 0.667. The second-order valence-electron chi connectivity index (χ2n) is 6.14. The van der Waals surface area contributed by atoms with Crippen LogP contribution in [-0.4, -0.2) is 45.3 Å². The predicted octanol–water partition coefficient (Wildman–Crippen LogP) is 2.87. The molecule has 0 aliphatic carbocycles. The summed E-state index contributed by atoms with van der Waals surface area (Å²) >= 11 is 0. The molecular weight excluding hydrogens is 276 g/mol. The van der Waals surface area contributed by atoms with Gasteiger partial charge in [-0.05, 0) is 75.0 Å². The Kier molecular flexibility index (Phi) is 6.52. The van der Waals surface area contributed by atoms with Gasteiger partial charge in [0.05, 0.1) is 14.2 Å². The SMILES string of the molecule is CCCN1CCC(C(CN)c2ccc(OC)c(OC)c2)CC1. The normalized spacial score (nSPS) is 18.2. The van der Waals surface area contributed by atoms with Crippen LogP contribution in [0.4, 0.5) is 0 Å². The van der Waals surface area contributed by atoms with Crippen molar-refractivity contribution in [2.75, 3.05) is 40.4 Å². The standard InChI is InChI=1S/C18H30N2O2/c1-4-9-20-10-7-14(8-11-20)16(13-19)15-5-6-17(21-2)18(12-15)22-3/h5-6,12,14,16H,4,7-11,13,19H2,1-3H3. The van der Waals surface area contributed by atoms with Gasteiger partial charge in [-0.3, -0.25) is 0 Å². The number of methoxy groups -OCH3 is 2. The number of hydrogen-bond acceptors (Lipinski definition) is 4. The minimum atomic E-state index is 0.406.